The molecule has 0 spiro atoms. The van der Waals surface area contributed by atoms with Crippen molar-refractivity contribution in [3.05, 3.63) is 0 Å². The van der Waals surface area contributed by atoms with E-state index in [1.807, 2.05) is 0 Å². The van der Waals surface area contributed by atoms with E-state index in [2.05, 4.69) is 44.4 Å². The van der Waals surface area contributed by atoms with Crippen LogP contribution in [0.25, 0.3) is 0 Å². The summed E-state index contributed by atoms with van der Waals surface area (Å²) in [4.78, 5) is 5.43. The number of piperidine rings is 2. The van der Waals surface area contributed by atoms with E-state index in [1.165, 1.54) is 51.9 Å². The van der Waals surface area contributed by atoms with Gasteiger partial charge in [0.25, 0.3) is 0 Å². The third kappa shape index (κ3) is 4.21. The summed E-state index contributed by atoms with van der Waals surface area (Å²) in [6, 6.07) is 1.54. The third-order valence-electron chi connectivity index (χ3n) is 5.87. The Kier molecular flexibility index (Phi) is 5.92. The predicted octanol–water partition coefficient (Wildman–Crippen LogP) is 3.86. The van der Waals surface area contributed by atoms with Crippen molar-refractivity contribution in [2.45, 2.75) is 72.4 Å². The van der Waals surface area contributed by atoms with E-state index < -0.39 is 0 Å². The zero-order valence-corrected chi connectivity index (χ0v) is 14.4. The van der Waals surface area contributed by atoms with Crippen molar-refractivity contribution in [2.24, 2.45) is 17.8 Å². The molecular weight excluding hydrogens is 244 g/mol. The number of hydrogen-bond donors (Lipinski definition) is 0. The Morgan fingerprint density at radius 1 is 0.950 bits per heavy atom. The predicted molar refractivity (Wildman–Crippen MR) is 88.0 cm³/mol. The molecule has 0 saturated carbocycles. The van der Waals surface area contributed by atoms with Crippen molar-refractivity contribution in [1.29, 1.82) is 0 Å². The van der Waals surface area contributed by atoms with Gasteiger partial charge in [0, 0.05) is 18.6 Å². The molecule has 0 unspecified atom stereocenters. The zero-order valence-electron chi connectivity index (χ0n) is 14.4. The molecule has 0 amide bonds. The molecule has 0 bridgehead atoms. The summed E-state index contributed by atoms with van der Waals surface area (Å²) in [5.74, 6) is 2.78. The quantitative estimate of drug-likeness (QED) is 0.771. The van der Waals surface area contributed by atoms with Crippen LogP contribution in [-0.4, -0.2) is 48.1 Å². The maximum Gasteiger partial charge on any atom is 0.00697 e. The first-order valence-corrected chi connectivity index (χ1v) is 8.95. The molecule has 118 valence electrons. The maximum absolute atomic E-state index is 2.79. The second-order valence-corrected chi connectivity index (χ2v) is 7.95. The van der Waals surface area contributed by atoms with Crippen LogP contribution in [0.1, 0.15) is 60.3 Å². The van der Waals surface area contributed by atoms with E-state index in [4.69, 9.17) is 0 Å². The van der Waals surface area contributed by atoms with Crippen molar-refractivity contribution in [2.75, 3.05) is 26.2 Å². The maximum atomic E-state index is 2.79. The highest BCUT2D eigenvalue weighted by Gasteiger charge is 2.29. The molecule has 2 atom stereocenters. The largest absolute Gasteiger partial charge is 0.301 e. The van der Waals surface area contributed by atoms with Gasteiger partial charge in [-0.3, -0.25) is 0 Å². The Labute approximate surface area is 126 Å². The summed E-state index contributed by atoms with van der Waals surface area (Å²) in [6.07, 6.45) is 5.67. The molecule has 0 radical (unpaired) electrons. The molecule has 2 aliphatic rings. The highest BCUT2D eigenvalue weighted by Crippen LogP contribution is 2.30. The van der Waals surface area contributed by atoms with E-state index in [9.17, 15) is 0 Å². The van der Waals surface area contributed by atoms with Crippen LogP contribution >= 0.6 is 0 Å². The minimum atomic E-state index is 0.733. The normalized spacial score (nSPS) is 31.4. The first-order chi connectivity index (χ1) is 9.47. The lowest BCUT2D eigenvalue weighted by molar-refractivity contribution is 0.0645. The molecule has 2 heterocycles. The smallest absolute Gasteiger partial charge is 0.00697 e. The molecule has 20 heavy (non-hydrogen) atoms. The Balaban J connectivity index is 1.75. The van der Waals surface area contributed by atoms with E-state index in [1.54, 1.807) is 0 Å². The van der Waals surface area contributed by atoms with Gasteiger partial charge in [0.1, 0.15) is 0 Å². The van der Waals surface area contributed by atoms with Crippen LogP contribution in [0.15, 0.2) is 0 Å². The Morgan fingerprint density at radius 2 is 1.60 bits per heavy atom. The molecule has 0 aliphatic carbocycles. The average Bonchev–Trinajstić information content (AvgIpc) is 2.41. The number of likely N-dealkylation sites (tertiary alicyclic amines) is 2. The van der Waals surface area contributed by atoms with E-state index in [0.717, 1.165) is 29.8 Å². The van der Waals surface area contributed by atoms with Gasteiger partial charge < -0.3 is 9.80 Å². The zero-order chi connectivity index (χ0) is 14.7. The lowest BCUT2D eigenvalue weighted by Gasteiger charge is -2.42. The summed E-state index contributed by atoms with van der Waals surface area (Å²) in [5, 5.41) is 0. The molecule has 2 saturated heterocycles. The highest BCUT2D eigenvalue weighted by molar-refractivity contribution is 4.83. The van der Waals surface area contributed by atoms with E-state index in [0.29, 0.717) is 0 Å². The number of hydrogen-bond acceptors (Lipinski definition) is 2. The summed E-state index contributed by atoms with van der Waals surface area (Å²) in [7, 11) is 0. The lowest BCUT2D eigenvalue weighted by Crippen LogP contribution is -2.46. The van der Waals surface area contributed by atoms with Crippen molar-refractivity contribution in [1.82, 2.24) is 9.80 Å². The van der Waals surface area contributed by atoms with Gasteiger partial charge in [-0.1, -0.05) is 13.8 Å². The van der Waals surface area contributed by atoms with E-state index >= 15 is 0 Å². The van der Waals surface area contributed by atoms with Crippen LogP contribution in [-0.2, 0) is 0 Å². The van der Waals surface area contributed by atoms with Crippen LogP contribution in [0.3, 0.4) is 0 Å². The first-order valence-electron chi connectivity index (χ1n) is 8.95. The SMILES string of the molecule is CC(C)[C@@H]1CCN(CC2CCN(C(C)C)CC2)[C@@H](C)C1. The number of nitrogens with zero attached hydrogens (tertiary/aromatic N) is 2. The van der Waals surface area contributed by atoms with Gasteiger partial charge in [-0.25, -0.2) is 0 Å². The average molecular weight is 280 g/mol. The standard InChI is InChI=1S/C18H36N2/c1-14(2)18-8-11-20(16(5)12-18)13-17-6-9-19(10-7-17)15(3)4/h14-18H,6-13H2,1-5H3/t16-,18+/m0/s1. The molecule has 0 aromatic carbocycles. The Hall–Kier alpha value is -0.0800. The Morgan fingerprint density at radius 3 is 2.10 bits per heavy atom. The molecule has 2 aliphatic heterocycles. The first kappa shape index (κ1) is 16.3. The molecule has 2 fully saturated rings. The van der Waals surface area contributed by atoms with Crippen molar-refractivity contribution in [3.8, 4) is 0 Å². The van der Waals surface area contributed by atoms with Crippen molar-refractivity contribution < 1.29 is 0 Å². The van der Waals surface area contributed by atoms with Crippen molar-refractivity contribution in [3.63, 3.8) is 0 Å². The molecule has 0 aromatic rings. The van der Waals surface area contributed by atoms with Gasteiger partial charge in [0.2, 0.25) is 0 Å². The number of rotatable bonds is 4. The van der Waals surface area contributed by atoms with Gasteiger partial charge in [-0.2, -0.15) is 0 Å². The van der Waals surface area contributed by atoms with Gasteiger partial charge in [-0.15, -0.1) is 0 Å². The van der Waals surface area contributed by atoms with E-state index in [-0.39, 0.29) is 0 Å². The molecule has 0 N–H and O–H groups in total. The second kappa shape index (κ2) is 7.26. The molecule has 2 heteroatoms. The fourth-order valence-corrected chi connectivity index (χ4v) is 4.12. The summed E-state index contributed by atoms with van der Waals surface area (Å²) in [6.45, 7) is 17.3. The lowest BCUT2D eigenvalue weighted by atomic mass is 9.82. The van der Waals surface area contributed by atoms with Crippen LogP contribution in [0.5, 0.6) is 0 Å². The molecule has 2 rings (SSSR count). The molecule has 2 nitrogen and oxygen atoms in total. The minimum Gasteiger partial charge on any atom is -0.301 e. The Bertz CT molecular complexity index is 279. The highest BCUT2D eigenvalue weighted by atomic mass is 15.2. The van der Waals surface area contributed by atoms with Crippen molar-refractivity contribution >= 4 is 0 Å². The van der Waals surface area contributed by atoms with Crippen LogP contribution in [0.2, 0.25) is 0 Å². The van der Waals surface area contributed by atoms with Crippen LogP contribution < -0.4 is 0 Å². The topological polar surface area (TPSA) is 6.48 Å². The summed E-state index contributed by atoms with van der Waals surface area (Å²) >= 11 is 0. The van der Waals surface area contributed by atoms with Crippen LogP contribution in [0.4, 0.5) is 0 Å². The third-order valence-corrected chi connectivity index (χ3v) is 5.87. The summed E-state index contributed by atoms with van der Waals surface area (Å²) in [5.41, 5.74) is 0. The monoisotopic (exact) mass is 280 g/mol. The molecule has 0 aromatic heterocycles. The van der Waals surface area contributed by atoms with Crippen LogP contribution in [0, 0.1) is 17.8 Å². The van der Waals surface area contributed by atoms with Gasteiger partial charge >= 0.3 is 0 Å². The van der Waals surface area contributed by atoms with Gasteiger partial charge in [0.05, 0.1) is 0 Å². The fourth-order valence-electron chi connectivity index (χ4n) is 4.12. The van der Waals surface area contributed by atoms with Gasteiger partial charge in [0.15, 0.2) is 0 Å². The van der Waals surface area contributed by atoms with Gasteiger partial charge in [-0.05, 0) is 83.8 Å². The second-order valence-electron chi connectivity index (χ2n) is 7.95. The summed E-state index contributed by atoms with van der Waals surface area (Å²) < 4.78 is 0. The molecular formula is C18H36N2. The minimum absolute atomic E-state index is 0.733. The fraction of sp³-hybridized carbons (Fsp3) is 1.00.